The van der Waals surface area contributed by atoms with Crippen LogP contribution in [-0.4, -0.2) is 24.1 Å². The average Bonchev–Trinajstić information content (AvgIpc) is 2.86. The third kappa shape index (κ3) is 2.09. The third-order valence-corrected chi connectivity index (χ3v) is 6.17. The standard InChI is InChI=1S/C23H19N3OS/c1-22(2)18-12-16(25-14-28)9-10-19(18)26(3)23(22)13-24-21-17-7-5-4-6-15(17)8-11-20(21)27-23/h4-13H,1-3H3. The van der Waals surface area contributed by atoms with E-state index in [1.54, 1.807) is 0 Å². The number of benzene rings is 3. The summed E-state index contributed by atoms with van der Waals surface area (Å²) in [5.74, 6) is 0.797. The quantitative estimate of drug-likeness (QED) is 0.393. The van der Waals surface area contributed by atoms with E-state index < -0.39 is 5.72 Å². The van der Waals surface area contributed by atoms with Gasteiger partial charge in [-0.3, -0.25) is 4.99 Å². The number of thiocarbonyl (C=S) groups is 1. The van der Waals surface area contributed by atoms with E-state index in [0.717, 1.165) is 39.1 Å². The predicted octanol–water partition coefficient (Wildman–Crippen LogP) is 5.79. The summed E-state index contributed by atoms with van der Waals surface area (Å²) in [4.78, 5) is 11.2. The molecule has 5 rings (SSSR count). The van der Waals surface area contributed by atoms with Gasteiger partial charge in [0.1, 0.15) is 11.4 Å². The molecule has 0 saturated heterocycles. The molecule has 1 spiro atoms. The van der Waals surface area contributed by atoms with Crippen molar-refractivity contribution in [1.29, 1.82) is 0 Å². The van der Waals surface area contributed by atoms with Gasteiger partial charge in [-0.1, -0.05) is 30.3 Å². The fourth-order valence-corrected chi connectivity index (χ4v) is 4.58. The molecule has 138 valence electrons. The van der Waals surface area contributed by atoms with Gasteiger partial charge >= 0.3 is 0 Å². The van der Waals surface area contributed by atoms with E-state index in [2.05, 4.69) is 59.2 Å². The van der Waals surface area contributed by atoms with E-state index >= 15 is 0 Å². The predicted molar refractivity (Wildman–Crippen MR) is 118 cm³/mol. The molecule has 2 aliphatic rings. The number of ether oxygens (including phenoxy) is 1. The molecule has 0 aromatic heterocycles. The number of rotatable bonds is 1. The van der Waals surface area contributed by atoms with Crippen LogP contribution in [-0.2, 0) is 5.41 Å². The Kier molecular flexibility index (Phi) is 3.51. The van der Waals surface area contributed by atoms with E-state index in [-0.39, 0.29) is 5.41 Å². The van der Waals surface area contributed by atoms with Crippen molar-refractivity contribution in [1.82, 2.24) is 0 Å². The highest BCUT2D eigenvalue weighted by Gasteiger charge is 2.58. The van der Waals surface area contributed by atoms with Crippen LogP contribution < -0.4 is 9.64 Å². The lowest BCUT2D eigenvalue weighted by Crippen LogP contribution is -2.61. The zero-order chi connectivity index (χ0) is 19.5. The minimum atomic E-state index is -0.717. The first-order valence-electron chi connectivity index (χ1n) is 9.20. The summed E-state index contributed by atoms with van der Waals surface area (Å²) in [7, 11) is 2.05. The fourth-order valence-electron chi connectivity index (χ4n) is 4.47. The van der Waals surface area contributed by atoms with Gasteiger partial charge in [-0.15, -0.1) is 0 Å². The van der Waals surface area contributed by atoms with Gasteiger partial charge in [-0.2, -0.15) is 4.99 Å². The van der Waals surface area contributed by atoms with Crippen LogP contribution in [0.1, 0.15) is 19.4 Å². The van der Waals surface area contributed by atoms with Gasteiger partial charge in [-0.05, 0) is 61.3 Å². The monoisotopic (exact) mass is 385 g/mol. The SMILES string of the molecule is CN1c2ccc(N=C=S)cc2C(C)(C)C12C=Nc1c(ccc3ccccc13)O2. The van der Waals surface area contributed by atoms with Crippen LogP contribution in [0, 0.1) is 0 Å². The smallest absolute Gasteiger partial charge is 0.228 e. The number of fused-ring (bicyclic) bond motifs is 4. The number of hydrogen-bond donors (Lipinski definition) is 0. The number of aliphatic imine (C=N–C) groups is 2. The first kappa shape index (κ1) is 17.1. The summed E-state index contributed by atoms with van der Waals surface area (Å²) >= 11 is 4.77. The lowest BCUT2D eigenvalue weighted by atomic mass is 9.77. The van der Waals surface area contributed by atoms with E-state index in [9.17, 15) is 0 Å². The average molecular weight is 385 g/mol. The summed E-state index contributed by atoms with van der Waals surface area (Å²) in [5, 5.41) is 4.70. The minimum Gasteiger partial charge on any atom is -0.459 e. The van der Waals surface area contributed by atoms with Crippen LogP contribution >= 0.6 is 12.2 Å². The Morgan fingerprint density at radius 3 is 2.75 bits per heavy atom. The Bertz CT molecular complexity index is 1210. The van der Waals surface area contributed by atoms with E-state index in [1.165, 1.54) is 0 Å². The zero-order valence-electron chi connectivity index (χ0n) is 15.9. The molecular weight excluding hydrogens is 366 g/mol. The van der Waals surface area contributed by atoms with Crippen molar-refractivity contribution in [2.75, 3.05) is 11.9 Å². The van der Waals surface area contributed by atoms with Crippen LogP contribution in [0.4, 0.5) is 17.1 Å². The summed E-state index contributed by atoms with van der Waals surface area (Å²) in [5.41, 5.74) is 2.87. The van der Waals surface area contributed by atoms with Gasteiger partial charge in [-0.25, -0.2) is 0 Å². The fraction of sp³-hybridized carbons (Fsp3) is 0.217. The minimum absolute atomic E-state index is 0.350. The van der Waals surface area contributed by atoms with Crippen molar-refractivity contribution in [3.63, 3.8) is 0 Å². The number of hydrogen-bond acceptors (Lipinski definition) is 5. The second kappa shape index (κ2) is 5.74. The lowest BCUT2D eigenvalue weighted by molar-refractivity contribution is 0.0827. The highest BCUT2D eigenvalue weighted by Crippen LogP contribution is 2.54. The van der Waals surface area contributed by atoms with Gasteiger partial charge in [0, 0.05) is 18.1 Å². The summed E-state index contributed by atoms with van der Waals surface area (Å²) < 4.78 is 6.71. The van der Waals surface area contributed by atoms with Crippen LogP contribution in [0.5, 0.6) is 5.75 Å². The molecule has 3 aromatic carbocycles. The van der Waals surface area contributed by atoms with Gasteiger partial charge in [0.15, 0.2) is 0 Å². The van der Waals surface area contributed by atoms with Crippen molar-refractivity contribution in [3.8, 4) is 5.75 Å². The molecule has 28 heavy (non-hydrogen) atoms. The first-order valence-corrected chi connectivity index (χ1v) is 9.61. The van der Waals surface area contributed by atoms with Crippen molar-refractivity contribution < 1.29 is 4.74 Å². The molecule has 2 heterocycles. The maximum absolute atomic E-state index is 6.71. The Labute approximate surface area is 169 Å². The third-order valence-electron chi connectivity index (χ3n) is 6.08. The molecule has 3 aromatic rings. The molecule has 0 amide bonds. The normalized spacial score (nSPS) is 21.2. The van der Waals surface area contributed by atoms with Crippen LogP contribution in [0.15, 0.2) is 64.6 Å². The Morgan fingerprint density at radius 1 is 1.11 bits per heavy atom. The maximum atomic E-state index is 6.71. The highest BCUT2D eigenvalue weighted by molar-refractivity contribution is 7.78. The van der Waals surface area contributed by atoms with E-state index in [1.807, 2.05) is 37.5 Å². The van der Waals surface area contributed by atoms with Crippen LogP contribution in [0.2, 0.25) is 0 Å². The molecule has 0 radical (unpaired) electrons. The molecule has 5 heteroatoms. The largest absolute Gasteiger partial charge is 0.459 e. The molecule has 0 saturated carbocycles. The summed E-state index contributed by atoms with van der Waals surface area (Å²) in [6, 6.07) is 18.4. The topological polar surface area (TPSA) is 37.2 Å². The molecule has 0 aliphatic carbocycles. The Balaban J connectivity index is 1.68. The van der Waals surface area contributed by atoms with Gasteiger partial charge < -0.3 is 9.64 Å². The number of nitrogens with zero attached hydrogens (tertiary/aromatic N) is 3. The lowest BCUT2D eigenvalue weighted by Gasteiger charge is -2.45. The first-order chi connectivity index (χ1) is 13.5. The number of anilines is 1. The maximum Gasteiger partial charge on any atom is 0.228 e. The second-order valence-electron chi connectivity index (χ2n) is 7.78. The van der Waals surface area contributed by atoms with Crippen molar-refractivity contribution in [2.45, 2.75) is 25.0 Å². The molecule has 0 bridgehead atoms. The van der Waals surface area contributed by atoms with Crippen molar-refractivity contribution in [2.24, 2.45) is 9.98 Å². The van der Waals surface area contributed by atoms with Crippen LogP contribution in [0.3, 0.4) is 0 Å². The molecule has 0 N–H and O–H groups in total. The Hall–Kier alpha value is -3.01. The molecule has 0 fully saturated rings. The molecule has 1 atom stereocenters. The van der Waals surface area contributed by atoms with Gasteiger partial charge in [0.2, 0.25) is 5.72 Å². The van der Waals surface area contributed by atoms with Crippen molar-refractivity contribution >= 4 is 51.4 Å². The van der Waals surface area contributed by atoms with E-state index in [0.29, 0.717) is 0 Å². The zero-order valence-corrected chi connectivity index (χ0v) is 16.7. The highest BCUT2D eigenvalue weighted by atomic mass is 32.1. The Morgan fingerprint density at radius 2 is 1.93 bits per heavy atom. The van der Waals surface area contributed by atoms with Crippen molar-refractivity contribution in [3.05, 3.63) is 60.2 Å². The second-order valence-corrected chi connectivity index (χ2v) is 7.96. The molecule has 1 unspecified atom stereocenters. The molecular formula is C23H19N3OS. The van der Waals surface area contributed by atoms with Gasteiger partial charge in [0.05, 0.1) is 22.5 Å². The molecule has 4 nitrogen and oxygen atoms in total. The number of likely N-dealkylation sites (N-methyl/N-ethyl adjacent to an activating group) is 1. The summed E-state index contributed by atoms with van der Waals surface area (Å²) in [6.45, 7) is 4.36. The van der Waals surface area contributed by atoms with Crippen LogP contribution in [0.25, 0.3) is 10.8 Å². The van der Waals surface area contributed by atoms with E-state index in [4.69, 9.17) is 21.9 Å². The summed E-state index contributed by atoms with van der Waals surface area (Å²) in [6.07, 6.45) is 1.95. The molecule has 2 aliphatic heterocycles. The van der Waals surface area contributed by atoms with Gasteiger partial charge in [0.25, 0.3) is 0 Å². The number of isothiocyanates is 1.